The molecule has 0 saturated heterocycles. The number of benzene rings is 1. The third-order valence-electron chi connectivity index (χ3n) is 4.96. The van der Waals surface area contributed by atoms with Crippen molar-refractivity contribution in [2.75, 3.05) is 6.54 Å². The van der Waals surface area contributed by atoms with Gasteiger partial charge in [0.2, 0.25) is 0 Å². The van der Waals surface area contributed by atoms with Crippen LogP contribution in [0, 0.1) is 5.92 Å². The number of hydrogen-bond donors (Lipinski definition) is 1. The first-order valence-electron chi connectivity index (χ1n) is 8.53. The normalized spacial score (nSPS) is 23.0. The Morgan fingerprint density at radius 1 is 1.30 bits per heavy atom. The van der Waals surface area contributed by atoms with Gasteiger partial charge in [-0.3, -0.25) is 9.48 Å². The zero-order valence-corrected chi connectivity index (χ0v) is 13.5. The minimum Gasteiger partial charge on any atom is -0.313 e. The molecule has 0 amide bonds. The van der Waals surface area contributed by atoms with Crippen LogP contribution in [0.5, 0.6) is 0 Å². The van der Waals surface area contributed by atoms with Gasteiger partial charge in [0.05, 0.1) is 11.8 Å². The van der Waals surface area contributed by atoms with Crippen LogP contribution < -0.4 is 5.32 Å². The summed E-state index contributed by atoms with van der Waals surface area (Å²) in [6.07, 6.45) is 7.92. The second-order valence-corrected chi connectivity index (χ2v) is 7.04. The molecule has 0 radical (unpaired) electrons. The van der Waals surface area contributed by atoms with Gasteiger partial charge in [0.15, 0.2) is 5.78 Å². The number of ketones is 1. The molecule has 2 saturated carbocycles. The van der Waals surface area contributed by atoms with Crippen LogP contribution in [0.2, 0.25) is 0 Å². The summed E-state index contributed by atoms with van der Waals surface area (Å²) in [7, 11) is 1.83. The zero-order valence-electron chi connectivity index (χ0n) is 13.5. The first kappa shape index (κ1) is 14.6. The fraction of sp³-hybridized carbons (Fsp3) is 0.474. The third-order valence-corrected chi connectivity index (χ3v) is 4.96. The van der Waals surface area contributed by atoms with E-state index in [0.29, 0.717) is 23.9 Å². The van der Waals surface area contributed by atoms with E-state index in [4.69, 9.17) is 0 Å². The van der Waals surface area contributed by atoms with Crippen molar-refractivity contribution < 1.29 is 4.79 Å². The second-order valence-electron chi connectivity index (χ2n) is 7.04. The molecule has 120 valence electrons. The second kappa shape index (κ2) is 5.93. The summed E-state index contributed by atoms with van der Waals surface area (Å²) >= 11 is 0. The number of nitrogens with zero attached hydrogens (tertiary/aromatic N) is 2. The van der Waals surface area contributed by atoms with Crippen LogP contribution >= 0.6 is 0 Å². The summed E-state index contributed by atoms with van der Waals surface area (Å²) in [4.78, 5) is 12.2. The molecule has 0 unspecified atom stereocenters. The summed E-state index contributed by atoms with van der Waals surface area (Å²) in [6.45, 7) is 1.19. The first-order valence-corrected chi connectivity index (χ1v) is 8.53. The molecule has 4 rings (SSSR count). The van der Waals surface area contributed by atoms with Gasteiger partial charge in [-0.15, -0.1) is 0 Å². The van der Waals surface area contributed by atoms with Gasteiger partial charge in [-0.05, 0) is 42.9 Å². The molecule has 1 aromatic carbocycles. The van der Waals surface area contributed by atoms with Crippen molar-refractivity contribution in [3.8, 4) is 0 Å². The van der Waals surface area contributed by atoms with Crippen molar-refractivity contribution in [1.82, 2.24) is 15.1 Å². The third kappa shape index (κ3) is 3.53. The number of Topliss-reactive ketones (excluding diaryl/α,β-unsaturated/α-hetero) is 1. The summed E-state index contributed by atoms with van der Waals surface area (Å²) in [5.74, 6) is 1.73. The average molecular weight is 309 g/mol. The van der Waals surface area contributed by atoms with Crippen LogP contribution in [0.15, 0.2) is 36.7 Å². The van der Waals surface area contributed by atoms with Gasteiger partial charge in [0, 0.05) is 31.6 Å². The van der Waals surface area contributed by atoms with Gasteiger partial charge in [-0.1, -0.05) is 24.3 Å². The van der Waals surface area contributed by atoms with Gasteiger partial charge in [0.1, 0.15) is 0 Å². The fourth-order valence-corrected chi connectivity index (χ4v) is 3.16. The lowest BCUT2D eigenvalue weighted by molar-refractivity contribution is 0.0993. The maximum absolute atomic E-state index is 12.2. The Morgan fingerprint density at radius 2 is 2.09 bits per heavy atom. The van der Waals surface area contributed by atoms with E-state index >= 15 is 0 Å². The maximum atomic E-state index is 12.2. The number of carbonyl (C=O) groups excluding carboxylic acids is 1. The molecular formula is C19H23N3O. The predicted octanol–water partition coefficient (Wildman–Crippen LogP) is 2.70. The number of aromatic nitrogens is 2. The van der Waals surface area contributed by atoms with E-state index in [9.17, 15) is 4.79 Å². The van der Waals surface area contributed by atoms with E-state index in [1.165, 1.54) is 31.4 Å². The molecule has 2 aromatic rings. The molecule has 0 spiro atoms. The minimum absolute atomic E-state index is 0.126. The Morgan fingerprint density at radius 3 is 2.74 bits per heavy atom. The number of aryl methyl sites for hydroxylation is 1. The van der Waals surface area contributed by atoms with Gasteiger partial charge in [-0.25, -0.2) is 0 Å². The Labute approximate surface area is 136 Å². The van der Waals surface area contributed by atoms with E-state index in [-0.39, 0.29) is 5.78 Å². The molecule has 23 heavy (non-hydrogen) atoms. The summed E-state index contributed by atoms with van der Waals surface area (Å²) in [5, 5.41) is 7.73. The zero-order chi connectivity index (χ0) is 15.8. The maximum Gasteiger partial charge on any atom is 0.170 e. The van der Waals surface area contributed by atoms with Crippen LogP contribution in [0.1, 0.15) is 46.7 Å². The van der Waals surface area contributed by atoms with E-state index in [1.54, 1.807) is 17.1 Å². The van der Waals surface area contributed by atoms with Crippen LogP contribution in [-0.2, 0) is 13.5 Å². The Balaban J connectivity index is 1.32. The highest BCUT2D eigenvalue weighted by Crippen LogP contribution is 2.41. The molecule has 2 aliphatic carbocycles. The quantitative estimate of drug-likeness (QED) is 0.800. The highest BCUT2D eigenvalue weighted by atomic mass is 16.1. The molecule has 4 nitrogen and oxygen atoms in total. The van der Waals surface area contributed by atoms with Crippen molar-refractivity contribution in [2.45, 2.75) is 37.6 Å². The van der Waals surface area contributed by atoms with Crippen LogP contribution in [0.3, 0.4) is 0 Å². The molecule has 4 heteroatoms. The van der Waals surface area contributed by atoms with Crippen molar-refractivity contribution in [2.24, 2.45) is 13.0 Å². The summed E-state index contributed by atoms with van der Waals surface area (Å²) in [6, 6.07) is 9.24. The fourth-order valence-electron chi connectivity index (χ4n) is 3.16. The monoisotopic (exact) mass is 309 g/mol. The molecule has 1 N–H and O–H groups in total. The number of hydrogen-bond acceptors (Lipinski definition) is 3. The SMILES string of the molecule is Cn1cc(C(=O)Cc2ccc([C@@H]3C[C@H]3NCC3CC3)cc2)cn1. The Hall–Kier alpha value is -1.94. The predicted molar refractivity (Wildman–Crippen MR) is 89.6 cm³/mol. The van der Waals surface area contributed by atoms with Gasteiger partial charge < -0.3 is 5.32 Å². The average Bonchev–Trinajstić information content (AvgIpc) is 3.45. The number of nitrogens with one attached hydrogen (secondary N) is 1. The standard InChI is InChI=1S/C19H23N3O/c1-22-12-16(11-21-22)19(23)8-13-4-6-15(7-5-13)17-9-18(17)20-10-14-2-3-14/h4-7,11-12,14,17-18,20H,2-3,8-10H2,1H3/t17-,18+/m0/s1. The van der Waals surface area contributed by atoms with E-state index in [1.807, 2.05) is 7.05 Å². The molecule has 1 heterocycles. The van der Waals surface area contributed by atoms with E-state index < -0.39 is 0 Å². The lowest BCUT2D eigenvalue weighted by Crippen LogP contribution is -2.20. The molecule has 0 aliphatic heterocycles. The van der Waals surface area contributed by atoms with Gasteiger partial charge in [0.25, 0.3) is 0 Å². The highest BCUT2D eigenvalue weighted by Gasteiger charge is 2.38. The van der Waals surface area contributed by atoms with Crippen molar-refractivity contribution in [1.29, 1.82) is 0 Å². The first-order chi connectivity index (χ1) is 11.2. The Kier molecular flexibility index (Phi) is 3.77. The van der Waals surface area contributed by atoms with Crippen molar-refractivity contribution in [3.05, 3.63) is 53.3 Å². The molecule has 2 aliphatic rings. The van der Waals surface area contributed by atoms with Crippen molar-refractivity contribution in [3.63, 3.8) is 0 Å². The number of carbonyl (C=O) groups is 1. The lowest BCUT2D eigenvalue weighted by Gasteiger charge is -2.05. The van der Waals surface area contributed by atoms with Crippen LogP contribution in [0.25, 0.3) is 0 Å². The topological polar surface area (TPSA) is 46.9 Å². The van der Waals surface area contributed by atoms with Gasteiger partial charge in [-0.2, -0.15) is 5.10 Å². The molecule has 2 fully saturated rings. The van der Waals surface area contributed by atoms with Crippen molar-refractivity contribution >= 4 is 5.78 Å². The van der Waals surface area contributed by atoms with Crippen LogP contribution in [-0.4, -0.2) is 28.2 Å². The summed E-state index contributed by atoms with van der Waals surface area (Å²) in [5.41, 5.74) is 3.16. The van der Waals surface area contributed by atoms with Crippen LogP contribution in [0.4, 0.5) is 0 Å². The lowest BCUT2D eigenvalue weighted by atomic mass is 10.0. The minimum atomic E-state index is 0.126. The molecule has 2 atom stereocenters. The summed E-state index contributed by atoms with van der Waals surface area (Å²) < 4.78 is 1.66. The molecule has 1 aromatic heterocycles. The van der Waals surface area contributed by atoms with Gasteiger partial charge >= 0.3 is 0 Å². The largest absolute Gasteiger partial charge is 0.313 e. The number of rotatable bonds is 7. The highest BCUT2D eigenvalue weighted by molar-refractivity contribution is 5.97. The van der Waals surface area contributed by atoms with E-state index in [0.717, 1.165) is 11.5 Å². The molecular weight excluding hydrogens is 286 g/mol. The smallest absolute Gasteiger partial charge is 0.170 e. The van der Waals surface area contributed by atoms with E-state index in [2.05, 4.69) is 34.7 Å². The Bertz CT molecular complexity index is 700. The molecule has 0 bridgehead atoms.